The molecule has 0 spiro atoms. The number of hydrogen-bond acceptors (Lipinski definition) is 6. The van der Waals surface area contributed by atoms with Crippen LogP contribution in [-0.4, -0.2) is 29.3 Å². The maximum Gasteiger partial charge on any atom is 0.387 e. The molecule has 1 N–H and O–H groups in total. The molecule has 0 saturated carbocycles. The summed E-state index contributed by atoms with van der Waals surface area (Å²) < 4.78 is 34.6. The number of benzene rings is 2. The summed E-state index contributed by atoms with van der Waals surface area (Å²) in [5, 5.41) is 3.40. The van der Waals surface area contributed by atoms with Crippen molar-refractivity contribution in [3.05, 3.63) is 82.4 Å². The van der Waals surface area contributed by atoms with E-state index in [4.69, 9.17) is 27.6 Å². The molecular weight excluding hydrogens is 523 g/mol. The van der Waals surface area contributed by atoms with E-state index in [9.17, 15) is 18.4 Å². The van der Waals surface area contributed by atoms with Crippen LogP contribution in [0.4, 0.5) is 20.2 Å². The highest BCUT2D eigenvalue weighted by Crippen LogP contribution is 2.32. The fraction of sp³-hybridized carbons (Fsp3) is 0.0870. The second-order valence-corrected chi connectivity index (χ2v) is 8.64. The molecule has 0 saturated heterocycles. The molecule has 2 heterocycles. The third kappa shape index (κ3) is 6.02. The molecule has 1 aliphatic rings. The Labute approximate surface area is 212 Å². The number of carbonyl (C=O) groups excluding carboxylic acids is 2. The van der Waals surface area contributed by atoms with Gasteiger partial charge < -0.3 is 14.5 Å². The maximum atomic E-state index is 13.1. The zero-order valence-corrected chi connectivity index (χ0v) is 19.9. The molecule has 12 heteroatoms. The largest absolute Gasteiger partial charge is 0.465 e. The van der Waals surface area contributed by atoms with E-state index in [0.29, 0.717) is 11.4 Å². The van der Waals surface area contributed by atoms with Crippen LogP contribution in [-0.2, 0) is 9.59 Å². The van der Waals surface area contributed by atoms with Crippen LogP contribution < -0.4 is 15.0 Å². The van der Waals surface area contributed by atoms with Crippen molar-refractivity contribution in [2.45, 2.75) is 6.61 Å². The van der Waals surface area contributed by atoms with Gasteiger partial charge in [-0.1, -0.05) is 41.0 Å². The van der Waals surface area contributed by atoms with E-state index in [1.54, 1.807) is 30.3 Å². The Morgan fingerprint density at radius 1 is 1.14 bits per heavy atom. The molecule has 1 aromatic heterocycles. The predicted molar refractivity (Wildman–Crippen MR) is 132 cm³/mol. The van der Waals surface area contributed by atoms with Gasteiger partial charge in [-0.05, 0) is 48.5 Å². The van der Waals surface area contributed by atoms with Crippen molar-refractivity contribution >= 4 is 69.4 Å². The number of para-hydroxylation sites is 1. The molecule has 0 bridgehead atoms. The molecule has 180 valence electrons. The Balaban J connectivity index is 1.55. The standard InChI is InChI=1S/C23H15Cl2F2N3O4S/c24-16-4-1-5-17(25)20(16)29-19(31)12-35-23-28-18(11-15-3-2-10-33-15)21(32)30(23)13-6-8-14(9-7-13)34-22(26)27/h1-11,22H,12H2,(H,29,31)/b18-11+. The van der Waals surface area contributed by atoms with Crippen molar-refractivity contribution in [2.75, 3.05) is 16.0 Å². The highest BCUT2D eigenvalue weighted by Gasteiger charge is 2.32. The van der Waals surface area contributed by atoms with E-state index in [1.807, 2.05) is 0 Å². The number of nitrogens with one attached hydrogen (secondary N) is 1. The Morgan fingerprint density at radius 3 is 2.49 bits per heavy atom. The quantitative estimate of drug-likeness (QED) is 0.357. The fourth-order valence-corrected chi connectivity index (χ4v) is 4.33. The van der Waals surface area contributed by atoms with Crippen molar-refractivity contribution in [3.8, 4) is 5.75 Å². The van der Waals surface area contributed by atoms with Gasteiger partial charge in [0.05, 0.1) is 33.4 Å². The molecule has 0 fully saturated rings. The van der Waals surface area contributed by atoms with Gasteiger partial charge in [0.25, 0.3) is 5.91 Å². The molecular formula is C23H15Cl2F2N3O4S. The lowest BCUT2D eigenvalue weighted by atomic mass is 10.2. The van der Waals surface area contributed by atoms with Crippen LogP contribution in [0.3, 0.4) is 0 Å². The molecule has 2 aromatic carbocycles. The molecule has 0 unspecified atom stereocenters. The maximum absolute atomic E-state index is 13.1. The van der Waals surface area contributed by atoms with Gasteiger partial charge in [-0.2, -0.15) is 8.78 Å². The van der Waals surface area contributed by atoms with Crippen LogP contribution in [0.1, 0.15) is 5.76 Å². The zero-order chi connectivity index (χ0) is 24.9. The summed E-state index contributed by atoms with van der Waals surface area (Å²) in [7, 11) is 0. The first kappa shape index (κ1) is 24.8. The highest BCUT2D eigenvalue weighted by molar-refractivity contribution is 8.14. The van der Waals surface area contributed by atoms with Gasteiger partial charge in [-0.3, -0.25) is 14.5 Å². The van der Waals surface area contributed by atoms with Gasteiger partial charge >= 0.3 is 6.61 Å². The number of alkyl halides is 2. The first-order chi connectivity index (χ1) is 16.8. The minimum absolute atomic E-state index is 0.0658. The number of halogens is 4. The number of carbonyl (C=O) groups is 2. The third-order valence-corrected chi connectivity index (χ3v) is 6.10. The van der Waals surface area contributed by atoms with Gasteiger partial charge in [0.2, 0.25) is 5.91 Å². The first-order valence-electron chi connectivity index (χ1n) is 9.91. The topological polar surface area (TPSA) is 84.1 Å². The Morgan fingerprint density at radius 2 is 1.86 bits per heavy atom. The summed E-state index contributed by atoms with van der Waals surface area (Å²) in [5.74, 6) is -0.686. The summed E-state index contributed by atoms with van der Waals surface area (Å²) >= 11 is 13.2. The number of amidine groups is 1. The fourth-order valence-electron chi connectivity index (χ4n) is 3.03. The van der Waals surface area contributed by atoms with Crippen molar-refractivity contribution < 1.29 is 27.5 Å². The molecule has 3 aromatic rings. The predicted octanol–water partition coefficient (Wildman–Crippen LogP) is 6.30. The van der Waals surface area contributed by atoms with Crippen LogP contribution in [0, 0.1) is 0 Å². The van der Waals surface area contributed by atoms with Crippen LogP contribution in [0.15, 0.2) is 76.0 Å². The van der Waals surface area contributed by atoms with Crippen LogP contribution >= 0.6 is 35.0 Å². The SMILES string of the molecule is O=C(CSC1=N/C(=C/c2ccco2)C(=O)N1c1ccc(OC(F)F)cc1)Nc1c(Cl)cccc1Cl. The first-order valence-corrected chi connectivity index (χ1v) is 11.7. The lowest BCUT2D eigenvalue weighted by Crippen LogP contribution is -2.31. The average molecular weight is 538 g/mol. The summed E-state index contributed by atoms with van der Waals surface area (Å²) in [4.78, 5) is 31.3. The summed E-state index contributed by atoms with van der Waals surface area (Å²) in [6.45, 7) is -2.98. The normalized spacial score (nSPS) is 14.5. The van der Waals surface area contributed by atoms with Crippen molar-refractivity contribution in [2.24, 2.45) is 4.99 Å². The van der Waals surface area contributed by atoms with Gasteiger partial charge in [0.1, 0.15) is 17.2 Å². The van der Waals surface area contributed by atoms with E-state index in [1.165, 1.54) is 41.5 Å². The number of anilines is 2. The van der Waals surface area contributed by atoms with Gasteiger partial charge in [-0.15, -0.1) is 0 Å². The lowest BCUT2D eigenvalue weighted by molar-refractivity contribution is -0.114. The van der Waals surface area contributed by atoms with E-state index in [0.717, 1.165) is 11.8 Å². The van der Waals surface area contributed by atoms with E-state index < -0.39 is 18.4 Å². The van der Waals surface area contributed by atoms with Gasteiger partial charge in [0.15, 0.2) is 5.17 Å². The Kier molecular flexibility index (Phi) is 7.74. The smallest absolute Gasteiger partial charge is 0.387 e. The minimum atomic E-state index is -2.98. The highest BCUT2D eigenvalue weighted by atomic mass is 35.5. The number of hydrogen-bond donors (Lipinski definition) is 1. The number of thioether (sulfide) groups is 1. The molecule has 0 atom stereocenters. The van der Waals surface area contributed by atoms with E-state index in [-0.39, 0.29) is 38.1 Å². The number of amides is 2. The number of furan rings is 1. The molecule has 35 heavy (non-hydrogen) atoms. The van der Waals surface area contributed by atoms with Crippen molar-refractivity contribution in [1.29, 1.82) is 0 Å². The molecule has 7 nitrogen and oxygen atoms in total. The van der Waals surface area contributed by atoms with Gasteiger partial charge in [-0.25, -0.2) is 4.99 Å². The summed E-state index contributed by atoms with van der Waals surface area (Å²) in [6.07, 6.45) is 2.91. The molecule has 1 aliphatic heterocycles. The second kappa shape index (κ2) is 10.9. The van der Waals surface area contributed by atoms with Crippen molar-refractivity contribution in [3.63, 3.8) is 0 Å². The number of nitrogens with zero attached hydrogens (tertiary/aromatic N) is 2. The van der Waals surface area contributed by atoms with E-state index in [2.05, 4.69) is 15.0 Å². The molecule has 0 aliphatic carbocycles. The lowest BCUT2D eigenvalue weighted by Gasteiger charge is -2.18. The van der Waals surface area contributed by atoms with E-state index >= 15 is 0 Å². The number of aliphatic imine (C=N–C) groups is 1. The Hall–Kier alpha value is -3.34. The zero-order valence-electron chi connectivity index (χ0n) is 17.6. The molecule has 4 rings (SSSR count). The van der Waals surface area contributed by atoms with Crippen LogP contribution in [0.25, 0.3) is 6.08 Å². The van der Waals surface area contributed by atoms with Crippen LogP contribution in [0.5, 0.6) is 5.75 Å². The second-order valence-electron chi connectivity index (χ2n) is 6.89. The van der Waals surface area contributed by atoms with Crippen molar-refractivity contribution in [1.82, 2.24) is 0 Å². The minimum Gasteiger partial charge on any atom is -0.465 e. The average Bonchev–Trinajstić information content (AvgIpc) is 3.43. The number of ether oxygens (including phenoxy) is 1. The third-order valence-electron chi connectivity index (χ3n) is 4.53. The van der Waals surface area contributed by atoms with Crippen LogP contribution in [0.2, 0.25) is 10.0 Å². The van der Waals surface area contributed by atoms with Gasteiger partial charge in [0, 0.05) is 6.08 Å². The summed E-state index contributed by atoms with van der Waals surface area (Å²) in [6, 6.07) is 13.6. The monoisotopic (exact) mass is 537 g/mol. The molecule has 0 radical (unpaired) electrons. The molecule has 2 amide bonds. The summed E-state index contributed by atoms with van der Waals surface area (Å²) in [5.41, 5.74) is 0.695. The Bertz CT molecular complexity index is 1280. The number of rotatable bonds is 7.